The van der Waals surface area contributed by atoms with E-state index in [9.17, 15) is 4.79 Å². The van der Waals surface area contributed by atoms with Crippen LogP contribution in [0.3, 0.4) is 0 Å². The van der Waals surface area contributed by atoms with Gasteiger partial charge in [0, 0.05) is 11.6 Å². The van der Waals surface area contributed by atoms with Gasteiger partial charge in [0.05, 0.1) is 11.1 Å². The van der Waals surface area contributed by atoms with Crippen molar-refractivity contribution in [1.82, 2.24) is 5.32 Å². The Hall–Kier alpha value is -2.08. The van der Waals surface area contributed by atoms with Gasteiger partial charge in [-0.3, -0.25) is 4.79 Å². The number of rotatable bonds is 8. The van der Waals surface area contributed by atoms with Crippen LogP contribution < -0.4 is 10.2 Å². The number of nitrogens with one attached hydrogen (secondary N) is 2. The van der Waals surface area contributed by atoms with Gasteiger partial charge in [0.2, 0.25) is 0 Å². The summed E-state index contributed by atoms with van der Waals surface area (Å²) in [6, 6.07) is 15.5. The number of benzene rings is 1. The molecular formula is C19H20ClN2O2S+. The lowest BCUT2D eigenvalue weighted by Gasteiger charge is -2.17. The number of halogens is 1. The number of amides is 1. The Labute approximate surface area is 156 Å². The molecule has 1 unspecified atom stereocenters. The van der Waals surface area contributed by atoms with Gasteiger partial charge in [-0.2, -0.15) is 0 Å². The van der Waals surface area contributed by atoms with Crippen LogP contribution in [0.2, 0.25) is 5.02 Å². The first kappa shape index (κ1) is 17.7. The molecule has 2 N–H and O–H groups in total. The predicted octanol–water partition coefficient (Wildman–Crippen LogP) is 2.90. The van der Waals surface area contributed by atoms with Crippen LogP contribution in [-0.4, -0.2) is 12.5 Å². The summed E-state index contributed by atoms with van der Waals surface area (Å²) < 4.78 is 5.44. The number of quaternary nitrogens is 1. The van der Waals surface area contributed by atoms with Crippen LogP contribution in [0.5, 0.6) is 0 Å². The van der Waals surface area contributed by atoms with Crippen molar-refractivity contribution in [2.45, 2.75) is 19.6 Å². The molecule has 1 aromatic carbocycles. The molecule has 0 saturated carbocycles. The van der Waals surface area contributed by atoms with E-state index in [1.54, 1.807) is 17.6 Å². The summed E-state index contributed by atoms with van der Waals surface area (Å²) in [6.07, 6.45) is 1.66. The van der Waals surface area contributed by atoms with Crippen molar-refractivity contribution in [3.8, 4) is 0 Å². The number of carbonyl (C=O) groups is 1. The molecule has 6 heteroatoms. The summed E-state index contributed by atoms with van der Waals surface area (Å²) in [6.45, 7) is 2.34. The van der Waals surface area contributed by atoms with Crippen molar-refractivity contribution in [2.75, 3.05) is 6.54 Å². The molecule has 0 fully saturated rings. The van der Waals surface area contributed by atoms with Crippen molar-refractivity contribution in [3.63, 3.8) is 0 Å². The normalized spacial score (nSPS) is 12.0. The Morgan fingerprint density at radius 1 is 1.16 bits per heavy atom. The molecule has 3 aromatic rings. The maximum Gasteiger partial charge on any atom is 0.275 e. The number of carbonyl (C=O) groups excluding carboxylic acids is 1. The van der Waals surface area contributed by atoms with Crippen molar-refractivity contribution in [2.24, 2.45) is 0 Å². The van der Waals surface area contributed by atoms with Crippen LogP contribution in [0.1, 0.15) is 16.2 Å². The highest BCUT2D eigenvalue weighted by Gasteiger charge is 2.17. The highest BCUT2D eigenvalue weighted by atomic mass is 35.5. The van der Waals surface area contributed by atoms with Crippen molar-refractivity contribution in [1.29, 1.82) is 0 Å². The zero-order valence-electron chi connectivity index (χ0n) is 13.7. The minimum atomic E-state index is 0.0121. The maximum atomic E-state index is 12.4. The molecule has 0 bridgehead atoms. The molecule has 2 aromatic heterocycles. The van der Waals surface area contributed by atoms with E-state index in [1.165, 1.54) is 4.88 Å². The van der Waals surface area contributed by atoms with E-state index in [2.05, 4.69) is 16.8 Å². The second-order valence-corrected chi connectivity index (χ2v) is 7.31. The fraction of sp³-hybridized carbons (Fsp3) is 0.211. The lowest BCUT2D eigenvalue weighted by atomic mass is 10.2. The molecule has 0 aliphatic heterocycles. The first-order chi connectivity index (χ1) is 12.2. The third-order valence-electron chi connectivity index (χ3n) is 3.80. The Balaban J connectivity index is 1.57. The topological polar surface area (TPSA) is 46.7 Å². The van der Waals surface area contributed by atoms with E-state index in [0.29, 0.717) is 24.7 Å². The van der Waals surface area contributed by atoms with Crippen LogP contribution >= 0.6 is 22.9 Å². The van der Waals surface area contributed by atoms with Gasteiger partial charge in [-0.1, -0.05) is 29.8 Å². The second-order valence-electron chi connectivity index (χ2n) is 5.85. The van der Waals surface area contributed by atoms with Crippen LogP contribution in [0.4, 0.5) is 0 Å². The Morgan fingerprint density at radius 3 is 2.80 bits per heavy atom. The molecule has 0 aliphatic rings. The smallest absolute Gasteiger partial charge is 0.275 e. The van der Waals surface area contributed by atoms with Crippen molar-refractivity contribution < 1.29 is 14.1 Å². The van der Waals surface area contributed by atoms with Crippen LogP contribution in [0, 0.1) is 0 Å². The zero-order valence-corrected chi connectivity index (χ0v) is 15.3. The van der Waals surface area contributed by atoms with E-state index >= 15 is 0 Å². The SMILES string of the molecule is O=C(C[NH+](Cc1ccco1)Cc1cccs1)NCc1cccc(Cl)c1. The highest BCUT2D eigenvalue weighted by Crippen LogP contribution is 2.10. The van der Waals surface area contributed by atoms with E-state index in [-0.39, 0.29) is 5.91 Å². The van der Waals surface area contributed by atoms with Crippen LogP contribution in [0.15, 0.2) is 64.6 Å². The van der Waals surface area contributed by atoms with E-state index in [1.807, 2.05) is 42.5 Å². The minimum Gasteiger partial charge on any atom is -0.463 e. The molecular weight excluding hydrogens is 356 g/mol. The standard InChI is InChI=1S/C19H19ClN2O2S/c20-16-5-1-4-15(10-16)11-21-19(23)14-22(12-17-6-2-8-24-17)13-18-7-3-9-25-18/h1-10H,11-14H2,(H,21,23)/p+1. The quantitative estimate of drug-likeness (QED) is 0.636. The lowest BCUT2D eigenvalue weighted by molar-refractivity contribution is -0.920. The molecule has 2 heterocycles. The predicted molar refractivity (Wildman–Crippen MR) is 99.6 cm³/mol. The fourth-order valence-corrected chi connectivity index (χ4v) is 3.63. The molecule has 0 aliphatic carbocycles. The summed E-state index contributed by atoms with van der Waals surface area (Å²) in [5.74, 6) is 0.896. The summed E-state index contributed by atoms with van der Waals surface area (Å²) >= 11 is 7.68. The number of hydrogen-bond acceptors (Lipinski definition) is 3. The van der Waals surface area contributed by atoms with Gasteiger partial charge in [-0.25, -0.2) is 0 Å². The van der Waals surface area contributed by atoms with Gasteiger partial charge >= 0.3 is 0 Å². The largest absolute Gasteiger partial charge is 0.463 e. The van der Waals surface area contributed by atoms with Gasteiger partial charge in [0.15, 0.2) is 12.3 Å². The summed E-state index contributed by atoms with van der Waals surface area (Å²) in [7, 11) is 0. The van der Waals surface area contributed by atoms with Gasteiger partial charge in [0.1, 0.15) is 13.1 Å². The van der Waals surface area contributed by atoms with Gasteiger partial charge < -0.3 is 14.6 Å². The Bertz CT molecular complexity index is 751. The number of hydrogen-bond donors (Lipinski definition) is 2. The molecule has 1 amide bonds. The first-order valence-corrected chi connectivity index (χ1v) is 9.34. The second kappa shape index (κ2) is 8.85. The highest BCUT2D eigenvalue weighted by molar-refractivity contribution is 7.09. The Kier molecular flexibility index (Phi) is 6.28. The maximum absolute atomic E-state index is 12.4. The minimum absolute atomic E-state index is 0.0121. The summed E-state index contributed by atoms with van der Waals surface area (Å²) in [5, 5.41) is 5.70. The fourth-order valence-electron chi connectivity index (χ4n) is 2.64. The number of furan rings is 1. The average Bonchev–Trinajstić information content (AvgIpc) is 3.27. The first-order valence-electron chi connectivity index (χ1n) is 8.08. The molecule has 25 heavy (non-hydrogen) atoms. The van der Waals surface area contributed by atoms with Crippen molar-refractivity contribution >= 4 is 28.8 Å². The molecule has 3 rings (SSSR count). The van der Waals surface area contributed by atoms with Crippen LogP contribution in [0.25, 0.3) is 0 Å². The Morgan fingerprint density at radius 2 is 2.08 bits per heavy atom. The molecule has 0 spiro atoms. The van der Waals surface area contributed by atoms with E-state index in [4.69, 9.17) is 16.0 Å². The van der Waals surface area contributed by atoms with E-state index in [0.717, 1.165) is 22.8 Å². The molecule has 1 atom stereocenters. The zero-order chi connectivity index (χ0) is 17.5. The van der Waals surface area contributed by atoms with Crippen LogP contribution in [-0.2, 0) is 24.4 Å². The van der Waals surface area contributed by atoms with E-state index < -0.39 is 0 Å². The monoisotopic (exact) mass is 375 g/mol. The molecule has 130 valence electrons. The van der Waals surface area contributed by atoms with Gasteiger partial charge in [-0.15, -0.1) is 11.3 Å². The summed E-state index contributed by atoms with van der Waals surface area (Å²) in [4.78, 5) is 14.8. The van der Waals surface area contributed by atoms with Gasteiger partial charge in [0.25, 0.3) is 5.91 Å². The summed E-state index contributed by atoms with van der Waals surface area (Å²) in [5.41, 5.74) is 0.992. The average molecular weight is 376 g/mol. The number of thiophene rings is 1. The molecule has 4 nitrogen and oxygen atoms in total. The third kappa shape index (κ3) is 5.74. The van der Waals surface area contributed by atoms with Crippen molar-refractivity contribution in [3.05, 3.63) is 81.4 Å². The molecule has 0 radical (unpaired) electrons. The molecule has 0 saturated heterocycles. The van der Waals surface area contributed by atoms with Gasteiger partial charge in [-0.05, 0) is 41.3 Å². The lowest BCUT2D eigenvalue weighted by Crippen LogP contribution is -3.10. The third-order valence-corrected chi connectivity index (χ3v) is 4.91.